The van der Waals surface area contributed by atoms with E-state index in [9.17, 15) is 14.4 Å². The second-order valence-electron chi connectivity index (χ2n) is 10.0. The second-order valence-corrected chi connectivity index (χ2v) is 10.0. The van der Waals surface area contributed by atoms with Crippen LogP contribution in [0.15, 0.2) is 46.9 Å². The van der Waals surface area contributed by atoms with Crippen molar-refractivity contribution in [2.75, 3.05) is 6.61 Å². The first-order chi connectivity index (χ1) is 18.0. The van der Waals surface area contributed by atoms with Crippen LogP contribution in [0, 0.1) is 0 Å². The highest BCUT2D eigenvalue weighted by molar-refractivity contribution is 6.02. The maximum Gasteiger partial charge on any atom is 0.255 e. The summed E-state index contributed by atoms with van der Waals surface area (Å²) in [5, 5.41) is 9.94. The van der Waals surface area contributed by atoms with Crippen LogP contribution in [0.1, 0.15) is 78.6 Å². The number of ether oxygens (including phenoxy) is 1. The zero-order valence-electron chi connectivity index (χ0n) is 21.0. The van der Waals surface area contributed by atoms with Crippen LogP contribution < -0.4 is 4.74 Å². The average molecular weight is 504 g/mol. The van der Waals surface area contributed by atoms with Crippen molar-refractivity contribution >= 4 is 28.4 Å². The number of hydrogen-bond acceptors (Lipinski definition) is 6. The molecule has 1 fully saturated rings. The smallest absolute Gasteiger partial charge is 0.255 e. The van der Waals surface area contributed by atoms with Crippen LogP contribution in [-0.2, 0) is 29.2 Å². The molecule has 3 aromatic rings. The van der Waals surface area contributed by atoms with Crippen molar-refractivity contribution in [3.8, 4) is 5.75 Å². The number of amides is 1. The third kappa shape index (κ3) is 5.62. The lowest BCUT2D eigenvalue weighted by atomic mass is 10.0. The van der Waals surface area contributed by atoms with Crippen LogP contribution in [0.3, 0.4) is 0 Å². The molecular formula is C30H33NO6. The Kier molecular flexibility index (Phi) is 7.70. The predicted molar refractivity (Wildman–Crippen MR) is 138 cm³/mol. The quantitative estimate of drug-likeness (QED) is 0.304. The molecule has 1 aliphatic heterocycles. The van der Waals surface area contributed by atoms with Crippen molar-refractivity contribution in [3.05, 3.63) is 64.9 Å². The average Bonchev–Trinajstić information content (AvgIpc) is 3.41. The fourth-order valence-corrected chi connectivity index (χ4v) is 5.37. The molecule has 1 aromatic heterocycles. The Morgan fingerprint density at radius 3 is 2.70 bits per heavy atom. The number of unbranched alkanes of at least 4 members (excludes halogenated alkanes) is 3. The lowest BCUT2D eigenvalue weighted by Crippen LogP contribution is -2.40. The van der Waals surface area contributed by atoms with E-state index in [4.69, 9.17) is 14.3 Å². The maximum atomic E-state index is 13.1. The Hall–Kier alpha value is -3.45. The molecule has 1 saturated carbocycles. The van der Waals surface area contributed by atoms with E-state index in [0.717, 1.165) is 48.6 Å². The van der Waals surface area contributed by atoms with E-state index in [2.05, 4.69) is 12.1 Å². The number of rotatable bonds is 10. The highest BCUT2D eigenvalue weighted by Gasteiger charge is 2.38. The van der Waals surface area contributed by atoms with E-state index in [-0.39, 0.29) is 43.5 Å². The van der Waals surface area contributed by atoms with Gasteiger partial charge < -0.3 is 19.2 Å². The summed E-state index contributed by atoms with van der Waals surface area (Å²) in [5.74, 6) is 1.17. The third-order valence-electron chi connectivity index (χ3n) is 7.42. The molecule has 0 bridgehead atoms. The fraction of sp³-hybridized carbons (Fsp3) is 0.433. The molecule has 2 aliphatic rings. The number of aryl methyl sites for hydroxylation is 1. The Balaban J connectivity index is 1.24. The summed E-state index contributed by atoms with van der Waals surface area (Å²) in [6, 6.07) is 13.1. The number of ketones is 2. The molecule has 1 N–H and O–H groups in total. The van der Waals surface area contributed by atoms with Gasteiger partial charge in [-0.25, -0.2) is 0 Å². The van der Waals surface area contributed by atoms with Crippen molar-refractivity contribution in [1.29, 1.82) is 0 Å². The first-order valence-electron chi connectivity index (χ1n) is 13.3. The second kappa shape index (κ2) is 11.3. The fourth-order valence-electron chi connectivity index (χ4n) is 5.37. The van der Waals surface area contributed by atoms with Crippen molar-refractivity contribution in [3.63, 3.8) is 0 Å². The van der Waals surface area contributed by atoms with E-state index in [0.29, 0.717) is 36.5 Å². The van der Waals surface area contributed by atoms with Gasteiger partial charge in [-0.15, -0.1) is 0 Å². The highest BCUT2D eigenvalue weighted by atomic mass is 16.5. The molecule has 194 valence electrons. The Bertz CT molecular complexity index is 1310. The van der Waals surface area contributed by atoms with Gasteiger partial charge in [0.05, 0.1) is 12.6 Å². The number of fused-ring (bicyclic) bond motifs is 2. The zero-order chi connectivity index (χ0) is 25.8. The first-order valence-corrected chi connectivity index (χ1v) is 13.3. The summed E-state index contributed by atoms with van der Waals surface area (Å²) < 4.78 is 12.1. The van der Waals surface area contributed by atoms with Crippen molar-refractivity contribution in [2.45, 2.75) is 77.0 Å². The largest absolute Gasteiger partial charge is 0.485 e. The van der Waals surface area contributed by atoms with Crippen molar-refractivity contribution < 1.29 is 28.6 Å². The molecule has 37 heavy (non-hydrogen) atoms. The van der Waals surface area contributed by atoms with Gasteiger partial charge in [-0.1, -0.05) is 25.0 Å². The molecule has 1 atom stereocenters. The number of benzene rings is 2. The first kappa shape index (κ1) is 25.2. The lowest BCUT2D eigenvalue weighted by Gasteiger charge is -2.25. The molecule has 1 aliphatic carbocycles. The zero-order valence-corrected chi connectivity index (χ0v) is 21.0. The topological polar surface area (TPSA) is 97.1 Å². The van der Waals surface area contributed by atoms with Gasteiger partial charge in [-0.3, -0.25) is 14.4 Å². The number of Topliss-reactive ketones (excluding diaryl/α,β-unsaturated/α-hetero) is 2. The highest BCUT2D eigenvalue weighted by Crippen LogP contribution is 2.35. The van der Waals surface area contributed by atoms with Gasteiger partial charge >= 0.3 is 0 Å². The summed E-state index contributed by atoms with van der Waals surface area (Å²) >= 11 is 0. The Labute approximate surface area is 216 Å². The van der Waals surface area contributed by atoms with Gasteiger partial charge in [0.1, 0.15) is 29.5 Å². The predicted octanol–water partition coefficient (Wildman–Crippen LogP) is 5.14. The summed E-state index contributed by atoms with van der Waals surface area (Å²) in [7, 11) is 0. The van der Waals surface area contributed by atoms with Gasteiger partial charge in [-0.05, 0) is 61.6 Å². The molecule has 0 radical (unpaired) electrons. The number of nitrogens with zero attached hydrogens (tertiary/aromatic N) is 1. The number of aliphatic hydroxyl groups excluding tert-OH is 1. The molecule has 7 heteroatoms. The molecule has 0 spiro atoms. The SMILES string of the molecule is O=C1CCC(=O)C(N2Cc3c(OCc4cc5cc(CCCCCCO)ccc5o4)cccc3C2=O)CC1. The van der Waals surface area contributed by atoms with Crippen molar-refractivity contribution in [2.24, 2.45) is 0 Å². The van der Waals surface area contributed by atoms with Gasteiger partial charge in [-0.2, -0.15) is 0 Å². The molecule has 1 unspecified atom stereocenters. The van der Waals surface area contributed by atoms with Gasteiger partial charge in [0.2, 0.25) is 0 Å². The number of aliphatic hydroxyl groups is 1. The number of furan rings is 1. The summed E-state index contributed by atoms with van der Waals surface area (Å²) in [6.45, 7) is 0.790. The standard InChI is InChI=1S/C30H33NO6/c32-15-4-2-1-3-6-20-9-14-28-21(16-20)17-23(37-28)19-36-29-8-5-7-24-25(29)18-31(30(24)35)26-12-10-22(33)11-13-27(26)34/h5,7-9,14,16-17,26,32H,1-4,6,10-13,15,18-19H2. The van der Waals surface area contributed by atoms with Crippen LogP contribution in [-0.4, -0.2) is 40.1 Å². The molecule has 0 saturated heterocycles. The Morgan fingerprint density at radius 1 is 0.973 bits per heavy atom. The minimum absolute atomic E-state index is 0.0405. The number of hydrogen-bond donors (Lipinski definition) is 1. The summed E-state index contributed by atoms with van der Waals surface area (Å²) in [6.07, 6.45) is 6.29. The van der Waals surface area contributed by atoms with Crippen LogP contribution in [0.2, 0.25) is 0 Å². The maximum absolute atomic E-state index is 13.1. The van der Waals surface area contributed by atoms with Crippen molar-refractivity contribution in [1.82, 2.24) is 4.90 Å². The molecule has 2 aromatic carbocycles. The van der Waals surface area contributed by atoms with Gasteiger partial charge in [0, 0.05) is 42.4 Å². The Morgan fingerprint density at radius 2 is 1.84 bits per heavy atom. The van der Waals surface area contributed by atoms with E-state index in [1.807, 2.05) is 18.2 Å². The monoisotopic (exact) mass is 503 g/mol. The van der Waals surface area contributed by atoms with Crippen LogP contribution in [0.4, 0.5) is 0 Å². The van der Waals surface area contributed by atoms with E-state index in [1.54, 1.807) is 17.0 Å². The molecular weight excluding hydrogens is 470 g/mol. The van der Waals surface area contributed by atoms with Gasteiger partial charge in [0.25, 0.3) is 5.91 Å². The van der Waals surface area contributed by atoms with E-state index in [1.165, 1.54) is 5.56 Å². The number of carbonyl (C=O) groups is 3. The van der Waals surface area contributed by atoms with Crippen LogP contribution in [0.5, 0.6) is 5.75 Å². The summed E-state index contributed by atoms with van der Waals surface area (Å²) in [4.78, 5) is 39.2. The van der Waals surface area contributed by atoms with Crippen LogP contribution >= 0.6 is 0 Å². The molecule has 2 heterocycles. The minimum Gasteiger partial charge on any atom is -0.485 e. The van der Waals surface area contributed by atoms with Crippen LogP contribution in [0.25, 0.3) is 11.0 Å². The molecule has 7 nitrogen and oxygen atoms in total. The summed E-state index contributed by atoms with van der Waals surface area (Å²) in [5.41, 5.74) is 3.40. The number of carbonyl (C=O) groups excluding carboxylic acids is 3. The normalized spacial score (nSPS) is 17.9. The minimum atomic E-state index is -0.557. The molecule has 5 rings (SSSR count). The van der Waals surface area contributed by atoms with Gasteiger partial charge in [0.15, 0.2) is 5.78 Å². The lowest BCUT2D eigenvalue weighted by molar-refractivity contribution is -0.124. The molecule has 1 amide bonds. The van der Waals surface area contributed by atoms with E-state index >= 15 is 0 Å². The third-order valence-corrected chi connectivity index (χ3v) is 7.42. The van der Waals surface area contributed by atoms with E-state index < -0.39 is 6.04 Å².